The first-order valence-electron chi connectivity index (χ1n) is 4.71. The van der Waals surface area contributed by atoms with Gasteiger partial charge in [-0.3, -0.25) is 0 Å². The topological polar surface area (TPSA) is 9.23 Å². The number of alkyl halides is 3. The van der Waals surface area contributed by atoms with Gasteiger partial charge in [-0.15, -0.1) is 13.2 Å². The summed E-state index contributed by atoms with van der Waals surface area (Å²) in [5.41, 5.74) is 1.50. The molecule has 1 aromatic carbocycles. The number of rotatable bonds is 1. The molecule has 0 saturated carbocycles. The zero-order valence-corrected chi connectivity index (χ0v) is 9.27. The van der Waals surface area contributed by atoms with Gasteiger partial charge in [0, 0.05) is 0 Å². The molecular formula is C11H15F3O. The van der Waals surface area contributed by atoms with E-state index in [0.29, 0.717) is 0 Å². The maximum Gasteiger partial charge on any atom is 0.573 e. The Labute approximate surface area is 87.9 Å². The molecule has 0 aliphatic rings. The Morgan fingerprint density at radius 3 is 1.67 bits per heavy atom. The van der Waals surface area contributed by atoms with Crippen LogP contribution in [0.15, 0.2) is 18.2 Å². The van der Waals surface area contributed by atoms with E-state index < -0.39 is 6.36 Å². The van der Waals surface area contributed by atoms with Crippen molar-refractivity contribution < 1.29 is 17.9 Å². The molecule has 0 radical (unpaired) electrons. The van der Waals surface area contributed by atoms with Gasteiger partial charge in [-0.05, 0) is 37.1 Å². The minimum Gasteiger partial charge on any atom is -0.406 e. The highest BCUT2D eigenvalue weighted by Gasteiger charge is 2.31. The van der Waals surface area contributed by atoms with Crippen molar-refractivity contribution >= 4 is 0 Å². The van der Waals surface area contributed by atoms with E-state index >= 15 is 0 Å². The zero-order valence-electron chi connectivity index (χ0n) is 9.27. The lowest BCUT2D eigenvalue weighted by Gasteiger charge is -2.09. The van der Waals surface area contributed by atoms with E-state index in [1.54, 1.807) is 19.9 Å². The lowest BCUT2D eigenvalue weighted by Crippen LogP contribution is -2.17. The first-order chi connectivity index (χ1) is 6.87. The standard InChI is InChI=1S/C9H9F3O.C2H6/c1-6-3-7(2)5-8(4-6)13-9(10,11)12;1-2/h3-5H,1-2H3;1-2H3. The number of aryl methyl sites for hydroxylation is 2. The fourth-order valence-corrected chi connectivity index (χ4v) is 1.13. The zero-order chi connectivity index (χ0) is 12.1. The Kier molecular flexibility index (Phi) is 5.19. The fraction of sp³-hybridized carbons (Fsp3) is 0.455. The molecule has 0 fully saturated rings. The van der Waals surface area contributed by atoms with Gasteiger partial charge in [0.15, 0.2) is 0 Å². The lowest BCUT2D eigenvalue weighted by molar-refractivity contribution is -0.274. The van der Waals surface area contributed by atoms with Gasteiger partial charge in [-0.2, -0.15) is 0 Å². The molecule has 86 valence electrons. The monoisotopic (exact) mass is 220 g/mol. The van der Waals surface area contributed by atoms with Gasteiger partial charge in [0.1, 0.15) is 5.75 Å². The molecule has 0 saturated heterocycles. The van der Waals surface area contributed by atoms with Crippen LogP contribution in [0.4, 0.5) is 13.2 Å². The third kappa shape index (κ3) is 5.99. The van der Waals surface area contributed by atoms with Crippen LogP contribution in [-0.4, -0.2) is 6.36 Å². The molecule has 0 spiro atoms. The maximum absolute atomic E-state index is 11.8. The predicted octanol–water partition coefficient (Wildman–Crippen LogP) is 4.23. The van der Waals surface area contributed by atoms with Gasteiger partial charge in [-0.1, -0.05) is 19.9 Å². The van der Waals surface area contributed by atoms with Crippen molar-refractivity contribution in [3.05, 3.63) is 29.3 Å². The number of hydrogen-bond donors (Lipinski definition) is 0. The number of ether oxygens (including phenoxy) is 1. The molecule has 0 aliphatic heterocycles. The van der Waals surface area contributed by atoms with Crippen molar-refractivity contribution in [2.24, 2.45) is 0 Å². The summed E-state index contributed by atoms with van der Waals surface area (Å²) in [6.45, 7) is 7.44. The Hall–Kier alpha value is -1.19. The number of hydrogen-bond acceptors (Lipinski definition) is 1. The van der Waals surface area contributed by atoms with Gasteiger partial charge in [0.2, 0.25) is 0 Å². The van der Waals surface area contributed by atoms with Crippen LogP contribution in [0.5, 0.6) is 5.75 Å². The normalized spacial score (nSPS) is 10.3. The second-order valence-electron chi connectivity index (χ2n) is 2.87. The maximum atomic E-state index is 11.8. The molecular weight excluding hydrogens is 205 g/mol. The van der Waals surface area contributed by atoms with E-state index in [9.17, 15) is 13.2 Å². The Balaban J connectivity index is 0.000000921. The summed E-state index contributed by atoms with van der Waals surface area (Å²) in [5, 5.41) is 0. The van der Waals surface area contributed by atoms with E-state index in [0.717, 1.165) is 11.1 Å². The molecule has 1 aromatic rings. The summed E-state index contributed by atoms with van der Waals surface area (Å²) in [7, 11) is 0. The molecule has 15 heavy (non-hydrogen) atoms. The third-order valence-electron chi connectivity index (χ3n) is 1.43. The van der Waals surface area contributed by atoms with Crippen LogP contribution in [0.25, 0.3) is 0 Å². The van der Waals surface area contributed by atoms with Gasteiger partial charge in [0.25, 0.3) is 0 Å². The summed E-state index contributed by atoms with van der Waals surface area (Å²) in [5.74, 6) is -0.162. The average molecular weight is 220 g/mol. The molecule has 0 heterocycles. The largest absolute Gasteiger partial charge is 0.573 e. The number of benzene rings is 1. The quantitative estimate of drug-likeness (QED) is 0.688. The van der Waals surface area contributed by atoms with E-state index in [1.807, 2.05) is 13.8 Å². The summed E-state index contributed by atoms with van der Waals surface area (Å²) in [6, 6.07) is 4.48. The van der Waals surface area contributed by atoms with Gasteiger partial charge in [0.05, 0.1) is 0 Å². The summed E-state index contributed by atoms with van der Waals surface area (Å²) >= 11 is 0. The van der Waals surface area contributed by atoms with Crippen molar-refractivity contribution in [2.75, 3.05) is 0 Å². The predicted molar refractivity (Wildman–Crippen MR) is 53.9 cm³/mol. The highest BCUT2D eigenvalue weighted by atomic mass is 19.4. The summed E-state index contributed by atoms with van der Waals surface area (Å²) in [4.78, 5) is 0. The molecule has 0 N–H and O–H groups in total. The van der Waals surface area contributed by atoms with Crippen molar-refractivity contribution in [1.82, 2.24) is 0 Å². The van der Waals surface area contributed by atoms with Gasteiger partial charge in [-0.25, -0.2) is 0 Å². The van der Waals surface area contributed by atoms with Crippen LogP contribution in [0.2, 0.25) is 0 Å². The molecule has 0 bridgehead atoms. The number of halogens is 3. The molecule has 4 heteroatoms. The fourth-order valence-electron chi connectivity index (χ4n) is 1.13. The van der Waals surface area contributed by atoms with Crippen molar-refractivity contribution in [1.29, 1.82) is 0 Å². The second kappa shape index (κ2) is 5.63. The average Bonchev–Trinajstić information content (AvgIpc) is 2.02. The van der Waals surface area contributed by atoms with Gasteiger partial charge >= 0.3 is 6.36 Å². The highest BCUT2D eigenvalue weighted by molar-refractivity contribution is 5.33. The smallest absolute Gasteiger partial charge is 0.406 e. The van der Waals surface area contributed by atoms with Crippen LogP contribution in [0, 0.1) is 13.8 Å². The molecule has 0 atom stereocenters. The molecule has 0 aromatic heterocycles. The van der Waals surface area contributed by atoms with E-state index in [4.69, 9.17) is 0 Å². The van der Waals surface area contributed by atoms with Crippen LogP contribution in [-0.2, 0) is 0 Å². The minimum absolute atomic E-state index is 0.162. The van der Waals surface area contributed by atoms with E-state index in [2.05, 4.69) is 4.74 Å². The first kappa shape index (κ1) is 13.8. The van der Waals surface area contributed by atoms with Crippen LogP contribution >= 0.6 is 0 Å². The molecule has 0 unspecified atom stereocenters. The van der Waals surface area contributed by atoms with Crippen LogP contribution < -0.4 is 4.74 Å². The van der Waals surface area contributed by atoms with Gasteiger partial charge < -0.3 is 4.74 Å². The second-order valence-corrected chi connectivity index (χ2v) is 2.87. The molecule has 1 rings (SSSR count). The summed E-state index contributed by atoms with van der Waals surface area (Å²) in [6.07, 6.45) is -4.61. The van der Waals surface area contributed by atoms with Crippen LogP contribution in [0.3, 0.4) is 0 Å². The van der Waals surface area contributed by atoms with Crippen molar-refractivity contribution in [3.63, 3.8) is 0 Å². The van der Waals surface area contributed by atoms with E-state index in [-0.39, 0.29) is 5.75 Å². The Morgan fingerprint density at radius 2 is 1.33 bits per heavy atom. The Bertz CT molecular complexity index is 285. The van der Waals surface area contributed by atoms with E-state index in [1.165, 1.54) is 12.1 Å². The molecule has 0 aliphatic carbocycles. The van der Waals surface area contributed by atoms with Crippen molar-refractivity contribution in [2.45, 2.75) is 34.1 Å². The highest BCUT2D eigenvalue weighted by Crippen LogP contribution is 2.24. The van der Waals surface area contributed by atoms with Crippen LogP contribution in [0.1, 0.15) is 25.0 Å². The lowest BCUT2D eigenvalue weighted by atomic mass is 10.1. The molecule has 1 nitrogen and oxygen atoms in total. The SMILES string of the molecule is CC.Cc1cc(C)cc(OC(F)(F)F)c1. The summed E-state index contributed by atoms with van der Waals surface area (Å²) < 4.78 is 39.1. The third-order valence-corrected chi connectivity index (χ3v) is 1.43. The first-order valence-corrected chi connectivity index (χ1v) is 4.71. The Morgan fingerprint density at radius 1 is 0.933 bits per heavy atom. The minimum atomic E-state index is -4.61. The van der Waals surface area contributed by atoms with Crippen molar-refractivity contribution in [3.8, 4) is 5.75 Å². The molecule has 0 amide bonds.